The number of hydrogen-bond donors (Lipinski definition) is 1. The van der Waals surface area contributed by atoms with Gasteiger partial charge in [0.2, 0.25) is 5.91 Å². The lowest BCUT2D eigenvalue weighted by Gasteiger charge is -2.25. The minimum atomic E-state index is 0.106. The molecule has 1 amide bonds. The SMILES string of the molecule is COc1cccc(C2CCCN2CC(=O)NC(C)C)c1. The van der Waals surface area contributed by atoms with Crippen molar-refractivity contribution in [2.45, 2.75) is 38.8 Å². The van der Waals surface area contributed by atoms with Crippen molar-refractivity contribution >= 4 is 5.91 Å². The van der Waals surface area contributed by atoms with Crippen LogP contribution >= 0.6 is 0 Å². The zero-order valence-corrected chi connectivity index (χ0v) is 12.6. The third-order valence-corrected chi connectivity index (χ3v) is 3.64. The van der Waals surface area contributed by atoms with E-state index >= 15 is 0 Å². The fourth-order valence-corrected chi connectivity index (χ4v) is 2.79. The summed E-state index contributed by atoms with van der Waals surface area (Å²) < 4.78 is 5.29. The van der Waals surface area contributed by atoms with Gasteiger partial charge in [0, 0.05) is 12.1 Å². The second-order valence-electron chi connectivity index (χ2n) is 5.63. The Morgan fingerprint density at radius 2 is 2.30 bits per heavy atom. The summed E-state index contributed by atoms with van der Waals surface area (Å²) in [5, 5.41) is 2.96. The minimum Gasteiger partial charge on any atom is -0.497 e. The summed E-state index contributed by atoms with van der Waals surface area (Å²) in [6.07, 6.45) is 2.24. The Bertz CT molecular complexity index is 460. The van der Waals surface area contributed by atoms with Crippen molar-refractivity contribution in [1.82, 2.24) is 10.2 Å². The molecule has 1 unspecified atom stereocenters. The number of hydrogen-bond acceptors (Lipinski definition) is 3. The van der Waals surface area contributed by atoms with E-state index in [2.05, 4.69) is 22.3 Å². The van der Waals surface area contributed by atoms with Crippen molar-refractivity contribution < 1.29 is 9.53 Å². The molecule has 0 spiro atoms. The summed E-state index contributed by atoms with van der Waals surface area (Å²) in [6, 6.07) is 8.67. The van der Waals surface area contributed by atoms with Gasteiger partial charge in [0.15, 0.2) is 0 Å². The lowest BCUT2D eigenvalue weighted by Crippen LogP contribution is -2.39. The van der Waals surface area contributed by atoms with Gasteiger partial charge in [-0.25, -0.2) is 0 Å². The number of methoxy groups -OCH3 is 1. The van der Waals surface area contributed by atoms with Crippen LogP contribution in [0.15, 0.2) is 24.3 Å². The third-order valence-electron chi connectivity index (χ3n) is 3.64. The maximum Gasteiger partial charge on any atom is 0.234 e. The highest BCUT2D eigenvalue weighted by molar-refractivity contribution is 5.78. The Balaban J connectivity index is 2.04. The van der Waals surface area contributed by atoms with Crippen LogP contribution in [0, 0.1) is 0 Å². The first-order chi connectivity index (χ1) is 9.60. The highest BCUT2D eigenvalue weighted by atomic mass is 16.5. The number of carbonyl (C=O) groups excluding carboxylic acids is 1. The van der Waals surface area contributed by atoms with E-state index < -0.39 is 0 Å². The maximum atomic E-state index is 11.9. The van der Waals surface area contributed by atoms with Crippen LogP contribution in [0.3, 0.4) is 0 Å². The number of benzene rings is 1. The summed E-state index contributed by atoms with van der Waals surface area (Å²) in [4.78, 5) is 14.2. The van der Waals surface area contributed by atoms with Crippen LogP contribution in [0.5, 0.6) is 5.75 Å². The monoisotopic (exact) mass is 276 g/mol. The first-order valence-electron chi connectivity index (χ1n) is 7.27. The lowest BCUT2D eigenvalue weighted by molar-refractivity contribution is -0.122. The highest BCUT2D eigenvalue weighted by Crippen LogP contribution is 2.32. The van der Waals surface area contributed by atoms with Crippen molar-refractivity contribution in [1.29, 1.82) is 0 Å². The number of amides is 1. The molecule has 1 heterocycles. The number of carbonyl (C=O) groups is 1. The van der Waals surface area contributed by atoms with Gasteiger partial charge in [-0.05, 0) is 50.9 Å². The standard InChI is InChI=1S/C16H24N2O2/c1-12(2)17-16(19)11-18-9-5-8-15(18)13-6-4-7-14(10-13)20-3/h4,6-7,10,12,15H,5,8-9,11H2,1-3H3,(H,17,19). The van der Waals surface area contributed by atoms with E-state index in [-0.39, 0.29) is 11.9 Å². The smallest absolute Gasteiger partial charge is 0.234 e. The molecule has 1 atom stereocenters. The molecule has 1 saturated heterocycles. The van der Waals surface area contributed by atoms with Crippen LogP contribution in [-0.4, -0.2) is 37.0 Å². The Kier molecular flexibility index (Phi) is 5.01. The number of ether oxygens (including phenoxy) is 1. The number of likely N-dealkylation sites (tertiary alicyclic amines) is 1. The van der Waals surface area contributed by atoms with Gasteiger partial charge >= 0.3 is 0 Å². The molecule has 0 aromatic heterocycles. The molecule has 0 bridgehead atoms. The molecule has 1 aliphatic heterocycles. The molecule has 1 aromatic rings. The van der Waals surface area contributed by atoms with Gasteiger partial charge in [0.25, 0.3) is 0 Å². The molecule has 1 aromatic carbocycles. The van der Waals surface area contributed by atoms with Crippen molar-refractivity contribution in [3.05, 3.63) is 29.8 Å². The van der Waals surface area contributed by atoms with E-state index in [4.69, 9.17) is 4.74 Å². The van der Waals surface area contributed by atoms with E-state index in [1.165, 1.54) is 5.56 Å². The van der Waals surface area contributed by atoms with Gasteiger partial charge in [-0.3, -0.25) is 9.69 Å². The third kappa shape index (κ3) is 3.73. The van der Waals surface area contributed by atoms with E-state index in [1.807, 2.05) is 26.0 Å². The van der Waals surface area contributed by atoms with Crippen molar-refractivity contribution in [2.24, 2.45) is 0 Å². The molecule has 20 heavy (non-hydrogen) atoms. The van der Waals surface area contributed by atoms with Crippen LogP contribution in [0.4, 0.5) is 0 Å². The normalized spacial score (nSPS) is 19.3. The summed E-state index contributed by atoms with van der Waals surface area (Å²) in [6.45, 7) is 5.43. The maximum absolute atomic E-state index is 11.9. The average Bonchev–Trinajstić information content (AvgIpc) is 2.85. The van der Waals surface area contributed by atoms with Crippen LogP contribution in [-0.2, 0) is 4.79 Å². The zero-order chi connectivity index (χ0) is 14.5. The first-order valence-corrected chi connectivity index (χ1v) is 7.27. The van der Waals surface area contributed by atoms with Gasteiger partial charge in [0.05, 0.1) is 13.7 Å². The van der Waals surface area contributed by atoms with E-state index in [1.54, 1.807) is 7.11 Å². The van der Waals surface area contributed by atoms with Gasteiger partial charge in [-0.1, -0.05) is 12.1 Å². The number of nitrogens with zero attached hydrogens (tertiary/aromatic N) is 1. The molecule has 1 aliphatic rings. The van der Waals surface area contributed by atoms with Gasteiger partial charge in [-0.15, -0.1) is 0 Å². The molecule has 1 N–H and O–H groups in total. The topological polar surface area (TPSA) is 41.6 Å². The average molecular weight is 276 g/mol. The van der Waals surface area contributed by atoms with Crippen LogP contribution in [0.2, 0.25) is 0 Å². The zero-order valence-electron chi connectivity index (χ0n) is 12.6. The molecule has 0 radical (unpaired) electrons. The van der Waals surface area contributed by atoms with Crippen molar-refractivity contribution in [3.8, 4) is 5.75 Å². The molecule has 0 saturated carbocycles. The molecule has 0 aliphatic carbocycles. The number of nitrogens with one attached hydrogen (secondary N) is 1. The number of rotatable bonds is 5. The minimum absolute atomic E-state index is 0.106. The predicted molar refractivity (Wildman–Crippen MR) is 79.8 cm³/mol. The quantitative estimate of drug-likeness (QED) is 0.897. The molecule has 4 nitrogen and oxygen atoms in total. The second-order valence-corrected chi connectivity index (χ2v) is 5.63. The molecule has 110 valence electrons. The largest absolute Gasteiger partial charge is 0.497 e. The van der Waals surface area contributed by atoms with Gasteiger partial charge in [0.1, 0.15) is 5.75 Å². The summed E-state index contributed by atoms with van der Waals surface area (Å²) >= 11 is 0. The Hall–Kier alpha value is -1.55. The van der Waals surface area contributed by atoms with Crippen molar-refractivity contribution in [2.75, 3.05) is 20.2 Å². The predicted octanol–water partition coefficient (Wildman–Crippen LogP) is 2.36. The lowest BCUT2D eigenvalue weighted by atomic mass is 10.0. The molecule has 4 heteroatoms. The van der Waals surface area contributed by atoms with Crippen molar-refractivity contribution in [3.63, 3.8) is 0 Å². The van der Waals surface area contributed by atoms with E-state index in [0.717, 1.165) is 25.1 Å². The Labute approximate surface area is 121 Å². The molecular formula is C16H24N2O2. The van der Waals surface area contributed by atoms with E-state index in [9.17, 15) is 4.79 Å². The summed E-state index contributed by atoms with van der Waals surface area (Å²) in [5.41, 5.74) is 1.24. The van der Waals surface area contributed by atoms with E-state index in [0.29, 0.717) is 12.6 Å². The molecule has 1 fully saturated rings. The summed E-state index contributed by atoms with van der Waals surface area (Å²) in [5.74, 6) is 0.982. The van der Waals surface area contributed by atoms with Gasteiger partial charge in [-0.2, -0.15) is 0 Å². The van der Waals surface area contributed by atoms with Crippen LogP contribution < -0.4 is 10.1 Å². The fraction of sp³-hybridized carbons (Fsp3) is 0.562. The summed E-state index contributed by atoms with van der Waals surface area (Å²) in [7, 11) is 1.68. The van der Waals surface area contributed by atoms with Crippen LogP contribution in [0.1, 0.15) is 38.3 Å². The first kappa shape index (κ1) is 14.9. The molecular weight excluding hydrogens is 252 g/mol. The van der Waals surface area contributed by atoms with Crippen LogP contribution in [0.25, 0.3) is 0 Å². The fourth-order valence-electron chi connectivity index (χ4n) is 2.79. The Morgan fingerprint density at radius 1 is 1.50 bits per heavy atom. The second kappa shape index (κ2) is 6.75. The van der Waals surface area contributed by atoms with Gasteiger partial charge < -0.3 is 10.1 Å². The Morgan fingerprint density at radius 3 is 3.00 bits per heavy atom. The molecule has 2 rings (SSSR count). The highest BCUT2D eigenvalue weighted by Gasteiger charge is 2.27.